The summed E-state index contributed by atoms with van der Waals surface area (Å²) in [6.45, 7) is 4.46. The lowest BCUT2D eigenvalue weighted by Gasteiger charge is -2.10. The van der Waals surface area contributed by atoms with E-state index in [0.29, 0.717) is 5.92 Å². The second-order valence-electron chi connectivity index (χ2n) is 2.84. The Bertz CT molecular complexity index is 90.6. The Morgan fingerprint density at radius 2 is 2.50 bits per heavy atom. The van der Waals surface area contributed by atoms with Crippen molar-refractivity contribution in [2.75, 3.05) is 0 Å². The molecule has 0 spiro atoms. The number of rotatable bonds is 1. The van der Waals surface area contributed by atoms with Gasteiger partial charge in [0.2, 0.25) is 0 Å². The molecular weight excluding hydrogens is 96.1 g/mol. The van der Waals surface area contributed by atoms with Crippen LogP contribution in [0.15, 0.2) is 0 Å². The first-order valence-electron chi connectivity index (χ1n) is 4.25. The molecule has 0 aromatic carbocycles. The van der Waals surface area contributed by atoms with Gasteiger partial charge in [-0.05, 0) is 11.8 Å². The second-order valence-corrected chi connectivity index (χ2v) is 2.84. The van der Waals surface area contributed by atoms with Crippen LogP contribution >= 0.6 is 0 Å². The smallest absolute Gasteiger partial charge is 0.0269 e. The third-order valence-corrected chi connectivity index (χ3v) is 2.34. The van der Waals surface area contributed by atoms with E-state index in [1.54, 1.807) is 0 Å². The summed E-state index contributed by atoms with van der Waals surface area (Å²) in [4.78, 5) is 0. The topological polar surface area (TPSA) is 0 Å². The summed E-state index contributed by atoms with van der Waals surface area (Å²) >= 11 is 0. The molecule has 0 radical (unpaired) electrons. The van der Waals surface area contributed by atoms with Crippen LogP contribution < -0.4 is 0 Å². The van der Waals surface area contributed by atoms with Crippen LogP contribution in [0.5, 0.6) is 0 Å². The van der Waals surface area contributed by atoms with Crippen LogP contribution in [0.2, 0.25) is 0 Å². The summed E-state index contributed by atoms with van der Waals surface area (Å²) in [5.41, 5.74) is 0. The molecular formula is C8H16. The maximum Gasteiger partial charge on any atom is 0.0269 e. The van der Waals surface area contributed by atoms with Gasteiger partial charge in [-0.25, -0.2) is 0 Å². The van der Waals surface area contributed by atoms with Crippen molar-refractivity contribution < 1.29 is 1.37 Å². The Morgan fingerprint density at radius 3 is 2.75 bits per heavy atom. The fraction of sp³-hybridized carbons (Fsp3) is 1.00. The summed E-state index contributed by atoms with van der Waals surface area (Å²) in [5, 5.41) is 0. The molecule has 0 heterocycles. The molecule has 0 heteroatoms. The van der Waals surface area contributed by atoms with Gasteiger partial charge in [0.15, 0.2) is 0 Å². The molecule has 0 aromatic heterocycles. The highest BCUT2D eigenvalue weighted by Crippen LogP contribution is 2.32. The summed E-state index contributed by atoms with van der Waals surface area (Å²) in [6, 6.07) is 0. The van der Waals surface area contributed by atoms with Crippen LogP contribution in [0.4, 0.5) is 0 Å². The normalized spacial score (nSPS) is 49.2. The van der Waals surface area contributed by atoms with E-state index in [9.17, 15) is 0 Å². The van der Waals surface area contributed by atoms with Gasteiger partial charge >= 0.3 is 0 Å². The van der Waals surface area contributed by atoms with Gasteiger partial charge in [-0.1, -0.05) is 39.5 Å². The summed E-state index contributed by atoms with van der Waals surface area (Å²) in [5.74, 6) is 1.52. The van der Waals surface area contributed by atoms with Crippen molar-refractivity contribution in [2.45, 2.75) is 39.5 Å². The molecule has 8 heavy (non-hydrogen) atoms. The van der Waals surface area contributed by atoms with Crippen LogP contribution in [0.1, 0.15) is 40.9 Å². The third kappa shape index (κ3) is 1.04. The molecule has 1 aliphatic carbocycles. The molecule has 1 rings (SSSR count). The first-order chi connectivity index (χ1) is 4.25. The molecule has 1 saturated carbocycles. The minimum Gasteiger partial charge on any atom is -0.0651 e. The molecule has 0 aliphatic heterocycles. The van der Waals surface area contributed by atoms with Crippen molar-refractivity contribution in [3.63, 3.8) is 0 Å². The van der Waals surface area contributed by atoms with E-state index in [1.165, 1.54) is 12.8 Å². The van der Waals surface area contributed by atoms with E-state index in [-0.39, 0.29) is 6.40 Å². The standard InChI is InChI=1S/C8H16/c1-3-8-6-4-5-7(8)2/h7-8H,3-6H2,1-2H3/i5D. The molecule has 0 aromatic rings. The quantitative estimate of drug-likeness (QED) is 0.490. The van der Waals surface area contributed by atoms with Gasteiger partial charge in [0.05, 0.1) is 0 Å². The molecule has 0 bridgehead atoms. The number of hydrogen-bond donors (Lipinski definition) is 0. The van der Waals surface area contributed by atoms with Crippen molar-refractivity contribution in [2.24, 2.45) is 11.8 Å². The summed E-state index contributed by atoms with van der Waals surface area (Å²) in [7, 11) is 0. The molecule has 3 unspecified atom stereocenters. The summed E-state index contributed by atoms with van der Waals surface area (Å²) < 4.78 is 7.57. The minimum atomic E-state index is 0.245. The van der Waals surface area contributed by atoms with E-state index in [2.05, 4.69) is 13.8 Å². The SMILES string of the molecule is [2H]C1CCC(CC)C1C. The predicted octanol–water partition coefficient (Wildman–Crippen LogP) is 2.83. The van der Waals surface area contributed by atoms with Gasteiger partial charge in [-0.2, -0.15) is 0 Å². The lowest BCUT2D eigenvalue weighted by Crippen LogP contribution is -2.00. The van der Waals surface area contributed by atoms with Crippen molar-refractivity contribution in [3.8, 4) is 0 Å². The summed E-state index contributed by atoms with van der Waals surface area (Å²) in [6.07, 6.45) is 3.96. The predicted molar refractivity (Wildman–Crippen MR) is 36.8 cm³/mol. The van der Waals surface area contributed by atoms with Crippen LogP contribution in [-0.4, -0.2) is 0 Å². The van der Waals surface area contributed by atoms with E-state index < -0.39 is 0 Å². The Balaban J connectivity index is 2.41. The molecule has 1 aliphatic rings. The van der Waals surface area contributed by atoms with E-state index in [1.807, 2.05) is 0 Å². The monoisotopic (exact) mass is 113 g/mol. The van der Waals surface area contributed by atoms with Crippen molar-refractivity contribution in [3.05, 3.63) is 0 Å². The Kier molecular flexibility index (Phi) is 1.52. The third-order valence-electron chi connectivity index (χ3n) is 2.34. The van der Waals surface area contributed by atoms with Crippen LogP contribution in [0.3, 0.4) is 0 Å². The fourth-order valence-corrected chi connectivity index (χ4v) is 1.60. The molecule has 0 nitrogen and oxygen atoms in total. The average molecular weight is 113 g/mol. The maximum atomic E-state index is 7.57. The van der Waals surface area contributed by atoms with Crippen LogP contribution in [-0.2, 0) is 0 Å². The zero-order valence-electron chi connectivity index (χ0n) is 6.85. The van der Waals surface area contributed by atoms with Crippen LogP contribution in [0, 0.1) is 11.8 Å². The molecule has 0 saturated heterocycles. The van der Waals surface area contributed by atoms with Crippen molar-refractivity contribution in [1.82, 2.24) is 0 Å². The van der Waals surface area contributed by atoms with Gasteiger partial charge < -0.3 is 0 Å². The van der Waals surface area contributed by atoms with Crippen molar-refractivity contribution in [1.29, 1.82) is 0 Å². The zero-order valence-corrected chi connectivity index (χ0v) is 5.85. The Morgan fingerprint density at radius 1 is 1.75 bits per heavy atom. The molecule has 0 N–H and O–H groups in total. The minimum absolute atomic E-state index is 0.245. The highest BCUT2D eigenvalue weighted by Gasteiger charge is 2.20. The van der Waals surface area contributed by atoms with Crippen molar-refractivity contribution >= 4 is 0 Å². The van der Waals surface area contributed by atoms with Crippen LogP contribution in [0.25, 0.3) is 0 Å². The fourth-order valence-electron chi connectivity index (χ4n) is 1.60. The molecule has 48 valence electrons. The lowest BCUT2D eigenvalue weighted by atomic mass is 9.96. The highest BCUT2D eigenvalue weighted by atomic mass is 14.3. The Hall–Kier alpha value is 0. The van der Waals surface area contributed by atoms with E-state index in [4.69, 9.17) is 1.37 Å². The maximum absolute atomic E-state index is 7.57. The molecule has 0 amide bonds. The highest BCUT2D eigenvalue weighted by molar-refractivity contribution is 4.72. The van der Waals surface area contributed by atoms with Gasteiger partial charge in [0.1, 0.15) is 0 Å². The van der Waals surface area contributed by atoms with E-state index >= 15 is 0 Å². The van der Waals surface area contributed by atoms with Gasteiger partial charge in [-0.15, -0.1) is 0 Å². The lowest BCUT2D eigenvalue weighted by molar-refractivity contribution is 0.407. The first-order valence-corrected chi connectivity index (χ1v) is 3.68. The van der Waals surface area contributed by atoms with E-state index in [0.717, 1.165) is 12.3 Å². The van der Waals surface area contributed by atoms with Gasteiger partial charge in [-0.3, -0.25) is 0 Å². The largest absolute Gasteiger partial charge is 0.0651 e. The van der Waals surface area contributed by atoms with Gasteiger partial charge in [0.25, 0.3) is 0 Å². The zero-order chi connectivity index (χ0) is 6.85. The number of hydrogen-bond acceptors (Lipinski definition) is 0. The molecule has 1 fully saturated rings. The average Bonchev–Trinajstić information content (AvgIpc) is 2.15. The first kappa shape index (κ1) is 4.84. The second kappa shape index (κ2) is 2.52. The van der Waals surface area contributed by atoms with Gasteiger partial charge in [0, 0.05) is 1.37 Å². The Labute approximate surface area is 53.7 Å². The molecule has 3 atom stereocenters.